The summed E-state index contributed by atoms with van der Waals surface area (Å²) in [6.07, 6.45) is 2.85. The molecule has 2 N–H and O–H groups in total. The van der Waals surface area contributed by atoms with Crippen LogP contribution in [0.1, 0.15) is 0 Å². The average molecular weight is 434 g/mol. The van der Waals surface area contributed by atoms with Crippen LogP contribution in [0.2, 0.25) is 0 Å². The molecule has 32 heavy (non-hydrogen) atoms. The first-order chi connectivity index (χ1) is 15.5. The van der Waals surface area contributed by atoms with Gasteiger partial charge in [-0.25, -0.2) is 23.5 Å². The van der Waals surface area contributed by atoms with Gasteiger partial charge in [-0.15, -0.1) is 0 Å². The summed E-state index contributed by atoms with van der Waals surface area (Å²) in [5.74, 6) is 0.752. The maximum Gasteiger partial charge on any atom is 0.323 e. The van der Waals surface area contributed by atoms with Crippen molar-refractivity contribution < 1.29 is 23.0 Å². The molecule has 0 aliphatic heterocycles. The van der Waals surface area contributed by atoms with E-state index in [2.05, 4.69) is 20.6 Å². The van der Waals surface area contributed by atoms with Crippen molar-refractivity contribution in [3.8, 4) is 23.3 Å². The summed E-state index contributed by atoms with van der Waals surface area (Å²) < 4.78 is 36.9. The van der Waals surface area contributed by atoms with Crippen LogP contribution >= 0.6 is 0 Å². The summed E-state index contributed by atoms with van der Waals surface area (Å²) >= 11 is 0. The van der Waals surface area contributed by atoms with Gasteiger partial charge >= 0.3 is 6.03 Å². The zero-order valence-electron chi connectivity index (χ0n) is 16.5. The van der Waals surface area contributed by atoms with Gasteiger partial charge in [0.1, 0.15) is 23.1 Å². The number of carbonyl (C=O) groups is 1. The van der Waals surface area contributed by atoms with Gasteiger partial charge in [0.25, 0.3) is 0 Å². The number of benzene rings is 2. The number of halogens is 2. The molecule has 2 amide bonds. The third kappa shape index (κ3) is 5.76. The van der Waals surface area contributed by atoms with E-state index >= 15 is 0 Å². The highest BCUT2D eigenvalue weighted by Crippen LogP contribution is 2.22. The Morgan fingerprint density at radius 1 is 0.625 bits per heavy atom. The standard InChI is InChI=1S/C23H16F2N4O3/c24-15-1-7-19(8-2-15)31-21-11-5-17(13-26-21)28-23(30)29-18-6-12-22(27-14-18)32-20-9-3-16(25)4-10-20/h1-14H,(H2,28,29,30). The maximum atomic E-state index is 12.9. The van der Waals surface area contributed by atoms with Crippen LogP contribution in [0, 0.1) is 11.6 Å². The summed E-state index contributed by atoms with van der Waals surface area (Å²) in [7, 11) is 0. The fraction of sp³-hybridized carbons (Fsp3) is 0. The van der Waals surface area contributed by atoms with Crippen molar-refractivity contribution in [1.82, 2.24) is 9.97 Å². The van der Waals surface area contributed by atoms with Crippen molar-refractivity contribution in [2.24, 2.45) is 0 Å². The Balaban J connectivity index is 1.29. The lowest BCUT2D eigenvalue weighted by Crippen LogP contribution is -2.19. The molecule has 0 saturated carbocycles. The van der Waals surface area contributed by atoms with Gasteiger partial charge < -0.3 is 20.1 Å². The minimum Gasteiger partial charge on any atom is -0.439 e. The summed E-state index contributed by atoms with van der Waals surface area (Å²) in [4.78, 5) is 20.4. The Hall–Kier alpha value is -4.53. The van der Waals surface area contributed by atoms with Crippen LogP contribution in [0.4, 0.5) is 25.0 Å². The number of nitrogens with zero attached hydrogens (tertiary/aromatic N) is 2. The lowest BCUT2D eigenvalue weighted by Gasteiger charge is -2.09. The Kier molecular flexibility index (Phi) is 6.17. The molecule has 0 aliphatic carbocycles. The second-order valence-electron chi connectivity index (χ2n) is 6.46. The fourth-order valence-electron chi connectivity index (χ4n) is 2.57. The SMILES string of the molecule is O=C(Nc1ccc(Oc2ccc(F)cc2)nc1)Nc1ccc(Oc2ccc(F)cc2)nc1. The lowest BCUT2D eigenvalue weighted by molar-refractivity contribution is 0.262. The quantitative estimate of drug-likeness (QED) is 0.390. The summed E-state index contributed by atoms with van der Waals surface area (Å²) in [5.41, 5.74) is 0.886. The third-order valence-electron chi connectivity index (χ3n) is 4.06. The number of hydrogen-bond donors (Lipinski definition) is 2. The van der Waals surface area contributed by atoms with Gasteiger partial charge in [0.2, 0.25) is 11.8 Å². The summed E-state index contributed by atoms with van der Waals surface area (Å²) in [6, 6.07) is 17.0. The summed E-state index contributed by atoms with van der Waals surface area (Å²) in [6.45, 7) is 0. The highest BCUT2D eigenvalue weighted by molar-refractivity contribution is 5.99. The number of ether oxygens (including phenoxy) is 2. The molecule has 160 valence electrons. The van der Waals surface area contributed by atoms with E-state index in [1.165, 1.54) is 60.9 Å². The van der Waals surface area contributed by atoms with Crippen LogP contribution in [-0.2, 0) is 0 Å². The second-order valence-corrected chi connectivity index (χ2v) is 6.46. The molecule has 0 atom stereocenters. The van der Waals surface area contributed by atoms with Crippen molar-refractivity contribution >= 4 is 17.4 Å². The van der Waals surface area contributed by atoms with E-state index in [1.54, 1.807) is 24.3 Å². The van der Waals surface area contributed by atoms with Gasteiger partial charge in [0.05, 0.1) is 23.8 Å². The van der Waals surface area contributed by atoms with Gasteiger partial charge in [-0.05, 0) is 60.7 Å². The predicted molar refractivity (Wildman–Crippen MR) is 114 cm³/mol. The van der Waals surface area contributed by atoms with Crippen LogP contribution in [0.3, 0.4) is 0 Å². The molecule has 4 rings (SSSR count). The number of nitrogens with one attached hydrogen (secondary N) is 2. The third-order valence-corrected chi connectivity index (χ3v) is 4.06. The molecule has 2 heterocycles. The Bertz CT molecular complexity index is 1090. The first-order valence-corrected chi connectivity index (χ1v) is 9.40. The molecule has 0 fully saturated rings. The van der Waals surface area contributed by atoms with Crippen LogP contribution in [0.5, 0.6) is 23.3 Å². The number of urea groups is 1. The van der Waals surface area contributed by atoms with E-state index < -0.39 is 6.03 Å². The first kappa shape index (κ1) is 20.7. The Morgan fingerprint density at radius 3 is 1.38 bits per heavy atom. The maximum absolute atomic E-state index is 12.9. The van der Waals surface area contributed by atoms with E-state index in [0.29, 0.717) is 34.6 Å². The van der Waals surface area contributed by atoms with E-state index in [9.17, 15) is 13.6 Å². The molecule has 9 heteroatoms. The molecule has 0 radical (unpaired) electrons. The molecule has 2 aromatic heterocycles. The van der Waals surface area contributed by atoms with Gasteiger partial charge in [-0.3, -0.25) is 0 Å². The van der Waals surface area contributed by atoms with Crippen molar-refractivity contribution in [2.45, 2.75) is 0 Å². The second kappa shape index (κ2) is 9.52. The van der Waals surface area contributed by atoms with Gasteiger partial charge in [-0.2, -0.15) is 0 Å². The molecule has 2 aromatic carbocycles. The van der Waals surface area contributed by atoms with Crippen LogP contribution < -0.4 is 20.1 Å². The molecule has 0 bridgehead atoms. The largest absolute Gasteiger partial charge is 0.439 e. The number of amides is 2. The zero-order valence-corrected chi connectivity index (χ0v) is 16.5. The molecular formula is C23H16F2N4O3. The van der Waals surface area contributed by atoms with Crippen LogP contribution in [-0.4, -0.2) is 16.0 Å². The van der Waals surface area contributed by atoms with Crippen molar-refractivity contribution in [1.29, 1.82) is 0 Å². The van der Waals surface area contributed by atoms with Crippen LogP contribution in [0.25, 0.3) is 0 Å². The van der Waals surface area contributed by atoms with E-state index in [4.69, 9.17) is 9.47 Å². The lowest BCUT2D eigenvalue weighted by atomic mass is 10.3. The monoisotopic (exact) mass is 434 g/mol. The normalized spacial score (nSPS) is 10.3. The molecule has 0 unspecified atom stereocenters. The van der Waals surface area contributed by atoms with E-state index in [-0.39, 0.29) is 11.6 Å². The molecule has 7 nitrogen and oxygen atoms in total. The molecule has 0 aliphatic rings. The molecule has 4 aromatic rings. The highest BCUT2D eigenvalue weighted by Gasteiger charge is 2.06. The Labute approximate surface area is 181 Å². The Morgan fingerprint density at radius 2 is 1.03 bits per heavy atom. The van der Waals surface area contributed by atoms with Gasteiger partial charge in [0.15, 0.2) is 0 Å². The average Bonchev–Trinajstić information content (AvgIpc) is 2.79. The minimum atomic E-state index is -0.493. The molecular weight excluding hydrogens is 418 g/mol. The fourth-order valence-corrected chi connectivity index (χ4v) is 2.57. The number of rotatable bonds is 6. The van der Waals surface area contributed by atoms with Gasteiger partial charge in [0, 0.05) is 12.1 Å². The first-order valence-electron chi connectivity index (χ1n) is 9.40. The summed E-state index contributed by atoms with van der Waals surface area (Å²) in [5, 5.41) is 5.27. The predicted octanol–water partition coefficient (Wildman–Crippen LogP) is 5.98. The number of pyridine rings is 2. The number of aromatic nitrogens is 2. The molecule has 0 saturated heterocycles. The minimum absolute atomic E-state index is 0.295. The van der Waals surface area contributed by atoms with Crippen molar-refractivity contribution in [3.05, 3.63) is 96.8 Å². The number of carbonyl (C=O) groups excluding carboxylic acids is 1. The van der Waals surface area contributed by atoms with Crippen molar-refractivity contribution in [3.63, 3.8) is 0 Å². The smallest absolute Gasteiger partial charge is 0.323 e. The van der Waals surface area contributed by atoms with Crippen molar-refractivity contribution in [2.75, 3.05) is 10.6 Å². The van der Waals surface area contributed by atoms with Gasteiger partial charge in [-0.1, -0.05) is 0 Å². The zero-order chi connectivity index (χ0) is 22.3. The molecule has 0 spiro atoms. The topological polar surface area (TPSA) is 85.4 Å². The number of anilines is 2. The van der Waals surface area contributed by atoms with E-state index in [1.807, 2.05) is 0 Å². The highest BCUT2D eigenvalue weighted by atomic mass is 19.1. The van der Waals surface area contributed by atoms with Crippen LogP contribution in [0.15, 0.2) is 85.2 Å². The number of hydrogen-bond acceptors (Lipinski definition) is 5. The van der Waals surface area contributed by atoms with E-state index in [0.717, 1.165) is 0 Å².